The van der Waals surface area contributed by atoms with Crippen molar-refractivity contribution in [1.82, 2.24) is 19.9 Å². The zero-order valence-corrected chi connectivity index (χ0v) is 17.1. The molecule has 1 fully saturated rings. The minimum absolute atomic E-state index is 0.0857. The van der Waals surface area contributed by atoms with Crippen LogP contribution in [0.5, 0.6) is 0 Å². The molecule has 2 aromatic heterocycles. The molecule has 146 valence electrons. The van der Waals surface area contributed by atoms with Crippen molar-refractivity contribution in [2.75, 3.05) is 19.7 Å². The highest BCUT2D eigenvalue weighted by Gasteiger charge is 2.28. The van der Waals surface area contributed by atoms with Crippen molar-refractivity contribution in [3.8, 4) is 0 Å². The summed E-state index contributed by atoms with van der Waals surface area (Å²) < 4.78 is 8.87. The molecule has 0 amide bonds. The Balaban J connectivity index is 1.53. The molecular weight excluding hydrogens is 420 g/mol. The summed E-state index contributed by atoms with van der Waals surface area (Å²) >= 11 is 3.51. The standard InChI is InChI=1S/C21H23BrN4O2/c22-18-6-7-20-24-25-21(26(20)12-18)17(10-19(27)16-8-9-23-11-16)14-28-13-15-4-2-1-3-5-15/h1-7,12,16-17,23H,8-11,13-14H2/t16?,17-/m1/s1. The lowest BCUT2D eigenvalue weighted by Gasteiger charge is -2.17. The molecule has 1 aliphatic heterocycles. The molecule has 2 atom stereocenters. The molecule has 0 bridgehead atoms. The second-order valence-electron chi connectivity index (χ2n) is 7.19. The Morgan fingerprint density at radius 2 is 2.11 bits per heavy atom. The van der Waals surface area contributed by atoms with E-state index in [1.807, 2.05) is 53.1 Å². The Kier molecular flexibility index (Phi) is 6.14. The van der Waals surface area contributed by atoms with Crippen LogP contribution in [0.4, 0.5) is 0 Å². The number of aromatic nitrogens is 3. The number of rotatable bonds is 8. The Hall–Kier alpha value is -2.09. The fourth-order valence-electron chi connectivity index (χ4n) is 3.62. The van der Waals surface area contributed by atoms with E-state index in [9.17, 15) is 4.79 Å². The van der Waals surface area contributed by atoms with E-state index < -0.39 is 0 Å². The SMILES string of the molecule is O=C(C[C@H](COCc1ccccc1)c1nnc2ccc(Br)cn12)C1CCNC1. The lowest BCUT2D eigenvalue weighted by Crippen LogP contribution is -2.23. The lowest BCUT2D eigenvalue weighted by molar-refractivity contribution is -0.123. The van der Waals surface area contributed by atoms with E-state index >= 15 is 0 Å². The third-order valence-corrected chi connectivity index (χ3v) is 5.62. The predicted molar refractivity (Wildman–Crippen MR) is 110 cm³/mol. The van der Waals surface area contributed by atoms with Gasteiger partial charge in [-0.2, -0.15) is 0 Å². The number of hydrogen-bond acceptors (Lipinski definition) is 5. The van der Waals surface area contributed by atoms with Gasteiger partial charge < -0.3 is 10.1 Å². The summed E-state index contributed by atoms with van der Waals surface area (Å²) in [5, 5.41) is 11.9. The second kappa shape index (κ2) is 8.94. The number of carbonyl (C=O) groups excluding carboxylic acids is 1. The molecule has 1 unspecified atom stereocenters. The molecular formula is C21H23BrN4O2. The van der Waals surface area contributed by atoms with Gasteiger partial charge in [0.2, 0.25) is 0 Å². The van der Waals surface area contributed by atoms with Gasteiger partial charge in [-0.1, -0.05) is 30.3 Å². The van der Waals surface area contributed by atoms with E-state index in [0.717, 1.165) is 41.0 Å². The maximum Gasteiger partial charge on any atom is 0.160 e. The van der Waals surface area contributed by atoms with Gasteiger partial charge in [-0.15, -0.1) is 10.2 Å². The van der Waals surface area contributed by atoms with E-state index in [-0.39, 0.29) is 17.6 Å². The van der Waals surface area contributed by atoms with Gasteiger partial charge in [-0.05, 0) is 46.6 Å². The van der Waals surface area contributed by atoms with Gasteiger partial charge in [-0.3, -0.25) is 9.20 Å². The van der Waals surface area contributed by atoms with E-state index in [2.05, 4.69) is 31.4 Å². The van der Waals surface area contributed by atoms with Crippen LogP contribution < -0.4 is 5.32 Å². The minimum Gasteiger partial charge on any atom is -0.376 e. The lowest BCUT2D eigenvalue weighted by atomic mass is 9.93. The highest BCUT2D eigenvalue weighted by molar-refractivity contribution is 9.10. The van der Waals surface area contributed by atoms with Crippen LogP contribution in [0.25, 0.3) is 5.65 Å². The number of benzene rings is 1. The van der Waals surface area contributed by atoms with Crippen LogP contribution in [0.1, 0.15) is 30.1 Å². The number of carbonyl (C=O) groups is 1. The van der Waals surface area contributed by atoms with Crippen molar-refractivity contribution in [3.05, 3.63) is 64.5 Å². The van der Waals surface area contributed by atoms with Crippen molar-refractivity contribution >= 4 is 27.4 Å². The van der Waals surface area contributed by atoms with E-state index in [4.69, 9.17) is 4.74 Å². The van der Waals surface area contributed by atoms with E-state index in [1.54, 1.807) is 0 Å². The molecule has 1 N–H and O–H groups in total. The van der Waals surface area contributed by atoms with Gasteiger partial charge in [-0.25, -0.2) is 0 Å². The maximum atomic E-state index is 12.8. The Morgan fingerprint density at radius 3 is 2.89 bits per heavy atom. The van der Waals surface area contributed by atoms with Gasteiger partial charge in [0.15, 0.2) is 5.65 Å². The Morgan fingerprint density at radius 1 is 1.25 bits per heavy atom. The number of hydrogen-bond donors (Lipinski definition) is 1. The number of ketones is 1. The summed E-state index contributed by atoms with van der Waals surface area (Å²) in [6, 6.07) is 13.9. The molecule has 1 aliphatic rings. The van der Waals surface area contributed by atoms with Crippen molar-refractivity contribution in [3.63, 3.8) is 0 Å². The maximum absolute atomic E-state index is 12.8. The fourth-order valence-corrected chi connectivity index (χ4v) is 3.95. The summed E-state index contributed by atoms with van der Waals surface area (Å²) in [6.07, 6.45) is 3.26. The largest absolute Gasteiger partial charge is 0.376 e. The molecule has 0 aliphatic carbocycles. The Labute approximate surface area is 172 Å². The minimum atomic E-state index is -0.138. The highest BCUT2D eigenvalue weighted by Crippen LogP contribution is 2.25. The third kappa shape index (κ3) is 4.48. The first-order valence-electron chi connectivity index (χ1n) is 9.56. The number of nitrogens with zero attached hydrogens (tertiary/aromatic N) is 3. The second-order valence-corrected chi connectivity index (χ2v) is 8.11. The van der Waals surface area contributed by atoms with Gasteiger partial charge >= 0.3 is 0 Å². The molecule has 3 aromatic rings. The van der Waals surface area contributed by atoms with Gasteiger partial charge in [0.1, 0.15) is 11.6 Å². The van der Waals surface area contributed by atoms with Crippen molar-refractivity contribution in [1.29, 1.82) is 0 Å². The predicted octanol–water partition coefficient (Wildman–Crippen LogP) is 3.36. The van der Waals surface area contributed by atoms with Gasteiger partial charge in [0, 0.05) is 35.5 Å². The summed E-state index contributed by atoms with van der Waals surface area (Å²) in [6.45, 7) is 2.61. The van der Waals surface area contributed by atoms with Crippen LogP contribution in [-0.4, -0.2) is 40.1 Å². The van der Waals surface area contributed by atoms with Crippen LogP contribution in [0.3, 0.4) is 0 Å². The molecule has 3 heterocycles. The van der Waals surface area contributed by atoms with Crippen LogP contribution in [0.2, 0.25) is 0 Å². The van der Waals surface area contributed by atoms with Gasteiger partial charge in [0.05, 0.1) is 13.2 Å². The van der Waals surface area contributed by atoms with Crippen molar-refractivity contribution < 1.29 is 9.53 Å². The summed E-state index contributed by atoms with van der Waals surface area (Å²) in [7, 11) is 0. The molecule has 0 radical (unpaired) electrons. The molecule has 0 saturated carbocycles. The normalized spacial score (nSPS) is 17.8. The third-order valence-electron chi connectivity index (χ3n) is 5.15. The average molecular weight is 443 g/mol. The monoisotopic (exact) mass is 442 g/mol. The number of pyridine rings is 1. The molecule has 7 heteroatoms. The van der Waals surface area contributed by atoms with Crippen LogP contribution in [0.15, 0.2) is 53.1 Å². The first-order valence-corrected chi connectivity index (χ1v) is 10.4. The van der Waals surface area contributed by atoms with E-state index in [1.165, 1.54) is 0 Å². The van der Waals surface area contributed by atoms with Gasteiger partial charge in [0.25, 0.3) is 0 Å². The summed E-state index contributed by atoms with van der Waals surface area (Å²) in [5.41, 5.74) is 1.88. The van der Waals surface area contributed by atoms with Crippen LogP contribution in [0, 0.1) is 5.92 Å². The fraction of sp³-hybridized carbons (Fsp3) is 0.381. The van der Waals surface area contributed by atoms with Crippen molar-refractivity contribution in [2.24, 2.45) is 5.92 Å². The number of Topliss-reactive ketones (excluding diaryl/α,β-unsaturated/α-hetero) is 1. The molecule has 1 saturated heterocycles. The number of nitrogens with one attached hydrogen (secondary N) is 1. The topological polar surface area (TPSA) is 68.5 Å². The zero-order valence-electron chi connectivity index (χ0n) is 15.6. The smallest absolute Gasteiger partial charge is 0.160 e. The molecule has 28 heavy (non-hydrogen) atoms. The first-order chi connectivity index (χ1) is 13.7. The number of halogens is 1. The highest BCUT2D eigenvalue weighted by atomic mass is 79.9. The molecule has 6 nitrogen and oxygen atoms in total. The van der Waals surface area contributed by atoms with Crippen LogP contribution in [-0.2, 0) is 16.1 Å². The first kappa shape index (κ1) is 19.2. The number of ether oxygens (including phenoxy) is 1. The molecule has 1 aromatic carbocycles. The molecule has 4 rings (SSSR count). The zero-order chi connectivity index (χ0) is 19.3. The summed E-state index contributed by atoms with van der Waals surface area (Å²) in [4.78, 5) is 12.8. The van der Waals surface area contributed by atoms with E-state index in [0.29, 0.717) is 19.6 Å². The molecule has 0 spiro atoms. The number of fused-ring (bicyclic) bond motifs is 1. The Bertz CT molecular complexity index is 938. The van der Waals surface area contributed by atoms with Crippen LogP contribution >= 0.6 is 15.9 Å². The van der Waals surface area contributed by atoms with Crippen molar-refractivity contribution in [2.45, 2.75) is 25.4 Å². The quantitative estimate of drug-likeness (QED) is 0.579. The average Bonchev–Trinajstić information content (AvgIpc) is 3.38. The summed E-state index contributed by atoms with van der Waals surface area (Å²) in [5.74, 6) is 0.984.